The summed E-state index contributed by atoms with van der Waals surface area (Å²) in [7, 11) is 0. The molecule has 1 aliphatic rings. The van der Waals surface area contributed by atoms with Crippen molar-refractivity contribution in [2.45, 2.75) is 19.3 Å². The van der Waals surface area contributed by atoms with E-state index in [0.717, 1.165) is 0 Å². The zero-order valence-corrected chi connectivity index (χ0v) is 14.2. The average molecular weight is 355 g/mol. The molecule has 5 heteroatoms. The maximum Gasteiger partial charge on any atom is 0.234 e. The number of Topliss-reactive ketones (excluding diaryl/α,β-unsaturated/α-hetero) is 3. The molecule has 0 amide bonds. The molecule has 0 saturated heterocycles. The number of rotatable bonds is 4. The molecule has 2 aromatic carbocycles. The van der Waals surface area contributed by atoms with Crippen molar-refractivity contribution in [3.05, 3.63) is 75.8 Å². The van der Waals surface area contributed by atoms with Crippen LogP contribution in [0.1, 0.15) is 40.7 Å². The molecule has 1 N–H and O–H groups in total. The van der Waals surface area contributed by atoms with E-state index < -0.39 is 17.5 Å². The fraction of sp³-hybridized carbons (Fsp3) is 0.150. The van der Waals surface area contributed by atoms with Gasteiger partial charge in [0.05, 0.1) is 5.57 Å². The second kappa shape index (κ2) is 6.65. The molecular weight excluding hydrogens is 340 g/mol. The van der Waals surface area contributed by atoms with Crippen molar-refractivity contribution in [3.63, 3.8) is 0 Å². The number of aliphatic hydroxyl groups excluding tert-OH is 1. The Morgan fingerprint density at radius 2 is 1.60 bits per heavy atom. The van der Waals surface area contributed by atoms with Crippen LogP contribution < -0.4 is 0 Å². The lowest BCUT2D eigenvalue weighted by Crippen LogP contribution is -2.28. The second-order valence-electron chi connectivity index (χ2n) is 5.95. The Morgan fingerprint density at radius 1 is 1.00 bits per heavy atom. The highest BCUT2D eigenvalue weighted by Crippen LogP contribution is 2.40. The van der Waals surface area contributed by atoms with Gasteiger partial charge in [-0.3, -0.25) is 14.4 Å². The van der Waals surface area contributed by atoms with Crippen molar-refractivity contribution in [2.24, 2.45) is 0 Å². The van der Waals surface area contributed by atoms with Crippen LogP contribution in [0.2, 0.25) is 5.02 Å². The van der Waals surface area contributed by atoms with Crippen LogP contribution in [0.3, 0.4) is 0 Å². The van der Waals surface area contributed by atoms with Crippen molar-refractivity contribution >= 4 is 34.7 Å². The monoisotopic (exact) mass is 354 g/mol. The van der Waals surface area contributed by atoms with Crippen LogP contribution in [0.25, 0.3) is 5.76 Å². The van der Waals surface area contributed by atoms with Crippen LogP contribution in [-0.2, 0) is 9.59 Å². The van der Waals surface area contributed by atoms with Crippen molar-refractivity contribution in [1.82, 2.24) is 0 Å². The van der Waals surface area contributed by atoms with E-state index >= 15 is 0 Å². The molecular formula is C20H15ClO4. The summed E-state index contributed by atoms with van der Waals surface area (Å²) < 4.78 is 0. The van der Waals surface area contributed by atoms with Crippen molar-refractivity contribution in [1.29, 1.82) is 0 Å². The van der Waals surface area contributed by atoms with Gasteiger partial charge in [-0.15, -0.1) is 0 Å². The minimum absolute atomic E-state index is 0.0374. The summed E-state index contributed by atoms with van der Waals surface area (Å²) in [5.41, 5.74) is 0.908. The number of hydrogen-bond acceptors (Lipinski definition) is 4. The molecule has 0 spiro atoms. The lowest BCUT2D eigenvalue weighted by Gasteiger charge is -2.25. The van der Waals surface area contributed by atoms with Gasteiger partial charge in [-0.2, -0.15) is 0 Å². The third kappa shape index (κ3) is 3.01. The number of hydrogen-bond donors (Lipinski definition) is 1. The number of aliphatic hydroxyl groups is 1. The molecule has 0 bridgehead atoms. The number of halogens is 1. The van der Waals surface area contributed by atoms with Crippen molar-refractivity contribution < 1.29 is 19.5 Å². The van der Waals surface area contributed by atoms with Gasteiger partial charge in [-0.05, 0) is 18.6 Å². The van der Waals surface area contributed by atoms with Crippen LogP contribution in [-0.4, -0.2) is 22.5 Å². The van der Waals surface area contributed by atoms with Gasteiger partial charge in [0.2, 0.25) is 11.6 Å². The number of benzene rings is 2. The number of carbonyl (C=O) groups is 3. The molecule has 1 aliphatic carbocycles. The molecule has 25 heavy (non-hydrogen) atoms. The maximum absolute atomic E-state index is 12.7. The highest BCUT2D eigenvalue weighted by Gasteiger charge is 2.38. The van der Waals surface area contributed by atoms with Gasteiger partial charge in [0, 0.05) is 28.5 Å². The third-order valence-corrected chi connectivity index (χ3v) is 4.60. The summed E-state index contributed by atoms with van der Waals surface area (Å²) in [6, 6.07) is 13.2. The summed E-state index contributed by atoms with van der Waals surface area (Å²) in [6.07, 6.45) is -0.0374. The van der Waals surface area contributed by atoms with Gasteiger partial charge in [0.15, 0.2) is 0 Å². The minimum atomic E-state index is -0.803. The Balaban J connectivity index is 2.25. The highest BCUT2D eigenvalue weighted by atomic mass is 35.5. The quantitative estimate of drug-likeness (QED) is 0.838. The summed E-state index contributed by atoms with van der Waals surface area (Å²) >= 11 is 6.24. The van der Waals surface area contributed by atoms with Gasteiger partial charge < -0.3 is 5.11 Å². The fourth-order valence-electron chi connectivity index (χ4n) is 3.12. The summed E-state index contributed by atoms with van der Waals surface area (Å²) in [6.45, 7) is 1.39. The van der Waals surface area contributed by atoms with E-state index in [1.807, 2.05) is 0 Å². The molecule has 1 atom stereocenters. The lowest BCUT2D eigenvalue weighted by atomic mass is 9.77. The molecule has 0 heterocycles. The van der Waals surface area contributed by atoms with Gasteiger partial charge in [-0.25, -0.2) is 0 Å². The minimum Gasteiger partial charge on any atom is -0.507 e. The maximum atomic E-state index is 12.7. The van der Waals surface area contributed by atoms with E-state index in [0.29, 0.717) is 16.1 Å². The van der Waals surface area contributed by atoms with E-state index in [1.165, 1.54) is 13.0 Å². The van der Waals surface area contributed by atoms with E-state index in [2.05, 4.69) is 0 Å². The topological polar surface area (TPSA) is 71.4 Å². The van der Waals surface area contributed by atoms with Crippen LogP contribution in [0, 0.1) is 0 Å². The second-order valence-corrected chi connectivity index (χ2v) is 6.35. The van der Waals surface area contributed by atoms with Crippen LogP contribution >= 0.6 is 11.6 Å². The molecule has 0 aliphatic heterocycles. The summed E-state index contributed by atoms with van der Waals surface area (Å²) in [4.78, 5) is 36.9. The smallest absolute Gasteiger partial charge is 0.234 e. The first-order valence-electron chi connectivity index (χ1n) is 7.77. The lowest BCUT2D eigenvalue weighted by molar-refractivity contribution is -0.117. The van der Waals surface area contributed by atoms with Gasteiger partial charge in [-0.1, -0.05) is 54.1 Å². The third-order valence-electron chi connectivity index (χ3n) is 4.25. The largest absolute Gasteiger partial charge is 0.507 e. The van der Waals surface area contributed by atoms with Crippen LogP contribution in [0.5, 0.6) is 0 Å². The van der Waals surface area contributed by atoms with Crippen molar-refractivity contribution in [3.8, 4) is 0 Å². The van der Waals surface area contributed by atoms with E-state index in [9.17, 15) is 19.5 Å². The highest BCUT2D eigenvalue weighted by molar-refractivity contribution is 6.52. The predicted octanol–water partition coefficient (Wildman–Crippen LogP) is 4.14. The average Bonchev–Trinajstić information content (AvgIpc) is 2.59. The molecule has 2 aromatic rings. The van der Waals surface area contributed by atoms with E-state index in [4.69, 9.17) is 11.6 Å². The Morgan fingerprint density at radius 3 is 2.24 bits per heavy atom. The first-order chi connectivity index (χ1) is 11.9. The Labute approximate surface area is 149 Å². The zero-order chi connectivity index (χ0) is 18.1. The van der Waals surface area contributed by atoms with Gasteiger partial charge >= 0.3 is 0 Å². The molecule has 3 rings (SSSR count). The molecule has 0 unspecified atom stereocenters. The van der Waals surface area contributed by atoms with E-state index in [1.54, 1.807) is 42.5 Å². The Bertz CT molecular complexity index is 927. The van der Waals surface area contributed by atoms with E-state index in [-0.39, 0.29) is 29.1 Å². The number of allylic oxidation sites excluding steroid dienone is 1. The SMILES string of the molecule is CC(=O)C[C@H](C1=C(O)c2ccccc2C(=O)C1=O)c1ccccc1Cl. The summed E-state index contributed by atoms with van der Waals surface area (Å²) in [5, 5.41) is 11.1. The molecule has 0 saturated carbocycles. The molecule has 0 aromatic heterocycles. The number of ketones is 3. The predicted molar refractivity (Wildman–Crippen MR) is 94.8 cm³/mol. The number of fused-ring (bicyclic) bond motifs is 1. The molecule has 0 radical (unpaired) electrons. The van der Waals surface area contributed by atoms with Gasteiger partial charge in [0.1, 0.15) is 11.5 Å². The first kappa shape index (κ1) is 17.1. The fourth-order valence-corrected chi connectivity index (χ4v) is 3.39. The van der Waals surface area contributed by atoms with Crippen LogP contribution in [0.4, 0.5) is 0 Å². The zero-order valence-electron chi connectivity index (χ0n) is 13.5. The Kier molecular flexibility index (Phi) is 4.55. The van der Waals surface area contributed by atoms with Crippen molar-refractivity contribution in [2.75, 3.05) is 0 Å². The van der Waals surface area contributed by atoms with Gasteiger partial charge in [0.25, 0.3) is 0 Å². The molecule has 126 valence electrons. The molecule has 0 fully saturated rings. The Hall–Kier alpha value is -2.72. The molecule has 4 nitrogen and oxygen atoms in total. The number of carbonyl (C=O) groups excluding carboxylic acids is 3. The standard InChI is InChI=1S/C20H15ClO4/c1-11(22)10-15(12-6-4-5-9-16(12)21)17-18(23)13-7-2-3-8-14(13)19(24)20(17)25/h2-9,15,23H,10H2,1H3/t15-/m0/s1. The normalized spacial score (nSPS) is 15.1. The van der Waals surface area contributed by atoms with Crippen LogP contribution in [0.15, 0.2) is 54.1 Å². The summed E-state index contributed by atoms with van der Waals surface area (Å²) in [5.74, 6) is -2.72. The first-order valence-corrected chi connectivity index (χ1v) is 8.15.